The molecule has 0 atom stereocenters. The lowest BCUT2D eigenvalue weighted by molar-refractivity contribution is 0.660. The molecule has 2 aliphatic rings. The second-order valence-corrected chi connectivity index (χ2v) is 14.9. The van der Waals surface area contributed by atoms with Gasteiger partial charge in [0.1, 0.15) is 11.2 Å². The van der Waals surface area contributed by atoms with Gasteiger partial charge in [0.25, 0.3) is 0 Å². The van der Waals surface area contributed by atoms with Crippen LogP contribution in [0.15, 0.2) is 156 Å². The molecule has 10 rings (SSSR count). The van der Waals surface area contributed by atoms with Crippen LogP contribution in [0.3, 0.4) is 0 Å². The Kier molecular flexibility index (Phi) is 6.01. The number of benzene rings is 7. The van der Waals surface area contributed by atoms with Crippen LogP contribution in [-0.4, -0.2) is 0 Å². The summed E-state index contributed by atoms with van der Waals surface area (Å²) in [4.78, 5) is 2.51. The van der Waals surface area contributed by atoms with Crippen LogP contribution in [0.2, 0.25) is 0 Å². The summed E-state index contributed by atoms with van der Waals surface area (Å²) in [6.07, 6.45) is 0. The summed E-state index contributed by atoms with van der Waals surface area (Å²) >= 11 is 0. The van der Waals surface area contributed by atoms with Crippen LogP contribution >= 0.6 is 0 Å². The Hall–Kier alpha value is -5.86. The van der Waals surface area contributed by atoms with Gasteiger partial charge in [0.2, 0.25) is 0 Å². The zero-order valence-corrected chi connectivity index (χ0v) is 28.8. The van der Waals surface area contributed by atoms with Gasteiger partial charge in [-0.05, 0) is 69.3 Å². The molecule has 0 aliphatic heterocycles. The Bertz CT molecular complexity index is 2670. The molecule has 1 heterocycles. The molecule has 8 aromatic rings. The second kappa shape index (κ2) is 10.3. The maximum absolute atomic E-state index is 6.64. The number of fused-ring (bicyclic) bond motifs is 9. The van der Waals surface area contributed by atoms with E-state index in [0.29, 0.717) is 0 Å². The number of para-hydroxylation sites is 3. The van der Waals surface area contributed by atoms with Crippen molar-refractivity contribution in [2.24, 2.45) is 0 Å². The predicted octanol–water partition coefficient (Wildman–Crippen LogP) is 13.3. The fourth-order valence-corrected chi connectivity index (χ4v) is 9.02. The molecule has 0 bridgehead atoms. The lowest BCUT2D eigenvalue weighted by Crippen LogP contribution is -2.18. The first-order valence-corrected chi connectivity index (χ1v) is 17.6. The van der Waals surface area contributed by atoms with Crippen molar-refractivity contribution >= 4 is 39.0 Å². The van der Waals surface area contributed by atoms with E-state index in [1.165, 1.54) is 50.2 Å². The molecule has 0 amide bonds. The van der Waals surface area contributed by atoms with Gasteiger partial charge in [-0.3, -0.25) is 0 Å². The van der Waals surface area contributed by atoms with Crippen molar-refractivity contribution in [3.63, 3.8) is 0 Å². The molecule has 2 aliphatic carbocycles. The third-order valence-corrected chi connectivity index (χ3v) is 11.5. The highest BCUT2D eigenvalue weighted by Crippen LogP contribution is 2.56. The number of anilines is 3. The van der Waals surface area contributed by atoms with Crippen molar-refractivity contribution in [1.82, 2.24) is 0 Å². The van der Waals surface area contributed by atoms with Crippen LogP contribution in [0.5, 0.6) is 0 Å². The van der Waals surface area contributed by atoms with Gasteiger partial charge < -0.3 is 9.32 Å². The normalized spacial score (nSPS) is 14.7. The van der Waals surface area contributed by atoms with Crippen LogP contribution < -0.4 is 4.90 Å². The number of nitrogens with zero attached hydrogens (tertiary/aromatic N) is 1. The summed E-state index contributed by atoms with van der Waals surface area (Å²) in [6.45, 7) is 9.44. The molecule has 0 unspecified atom stereocenters. The molecular weight excluding hydrogens is 607 g/mol. The van der Waals surface area contributed by atoms with Gasteiger partial charge in [0.05, 0.1) is 11.4 Å². The fraction of sp³-hybridized carbons (Fsp3) is 0.125. The largest absolute Gasteiger partial charge is 0.455 e. The zero-order valence-electron chi connectivity index (χ0n) is 28.8. The summed E-state index contributed by atoms with van der Waals surface area (Å²) in [6, 6.07) is 55.5. The summed E-state index contributed by atoms with van der Waals surface area (Å²) in [5, 5.41) is 2.27. The topological polar surface area (TPSA) is 16.4 Å². The van der Waals surface area contributed by atoms with Gasteiger partial charge in [0.15, 0.2) is 0 Å². The van der Waals surface area contributed by atoms with E-state index < -0.39 is 0 Å². The SMILES string of the molecule is CC1(C)c2ccccc2-c2ccc(N(c3ccccc3-c3cccc4c3oc3ccccc34)c3cccc4c3-c3ccccc3C4(C)C)cc21. The maximum atomic E-state index is 6.64. The number of furan rings is 1. The molecule has 0 fully saturated rings. The van der Waals surface area contributed by atoms with Crippen molar-refractivity contribution in [1.29, 1.82) is 0 Å². The smallest absolute Gasteiger partial charge is 0.143 e. The quantitative estimate of drug-likeness (QED) is 0.190. The summed E-state index contributed by atoms with van der Waals surface area (Å²) in [5.41, 5.74) is 17.9. The molecule has 0 saturated carbocycles. The Morgan fingerprint density at radius 1 is 0.420 bits per heavy atom. The lowest BCUT2D eigenvalue weighted by Gasteiger charge is -2.31. The van der Waals surface area contributed by atoms with Crippen LogP contribution in [0, 0.1) is 0 Å². The first kappa shape index (κ1) is 29.1. The summed E-state index contributed by atoms with van der Waals surface area (Å²) in [7, 11) is 0. The second-order valence-electron chi connectivity index (χ2n) is 14.9. The fourth-order valence-electron chi connectivity index (χ4n) is 9.02. The minimum Gasteiger partial charge on any atom is -0.455 e. The first-order valence-electron chi connectivity index (χ1n) is 17.6. The summed E-state index contributed by atoms with van der Waals surface area (Å²) in [5.74, 6) is 0. The van der Waals surface area contributed by atoms with Gasteiger partial charge in [-0.15, -0.1) is 0 Å². The van der Waals surface area contributed by atoms with Crippen LogP contribution in [0.1, 0.15) is 49.9 Å². The molecular formula is C48H37NO. The molecule has 50 heavy (non-hydrogen) atoms. The molecule has 0 spiro atoms. The van der Waals surface area contributed by atoms with E-state index in [0.717, 1.165) is 44.4 Å². The summed E-state index contributed by atoms with van der Waals surface area (Å²) < 4.78 is 6.64. The van der Waals surface area contributed by atoms with Crippen molar-refractivity contribution in [2.75, 3.05) is 4.90 Å². The van der Waals surface area contributed by atoms with E-state index >= 15 is 0 Å². The molecule has 2 heteroatoms. The molecule has 240 valence electrons. The van der Waals surface area contributed by atoms with Gasteiger partial charge in [-0.2, -0.15) is 0 Å². The predicted molar refractivity (Wildman–Crippen MR) is 209 cm³/mol. The van der Waals surface area contributed by atoms with Gasteiger partial charge in [-0.1, -0.05) is 149 Å². The standard InChI is InChI=1S/C48H37NO/c1-47(2)39-22-10-6-18-37(39)45-40(47)23-14-25-43(45)49(30-27-28-32-31-15-5-9-21-38(31)48(3,4)41(32)29-30)42-24-11-7-16-33(42)35-19-13-20-36-34-17-8-12-26-44(34)50-46(35)36/h5-29H,1-4H3. The Labute approximate surface area is 293 Å². The third-order valence-electron chi connectivity index (χ3n) is 11.5. The third kappa shape index (κ3) is 3.91. The Morgan fingerprint density at radius 2 is 0.980 bits per heavy atom. The van der Waals surface area contributed by atoms with Crippen LogP contribution in [0.25, 0.3) is 55.3 Å². The number of rotatable bonds is 4. The molecule has 0 N–H and O–H groups in total. The minimum absolute atomic E-state index is 0.117. The Morgan fingerprint density at radius 3 is 1.82 bits per heavy atom. The molecule has 0 radical (unpaired) electrons. The average Bonchev–Trinajstić information content (AvgIpc) is 3.72. The molecule has 0 saturated heterocycles. The van der Waals surface area contributed by atoms with E-state index in [1.807, 2.05) is 6.07 Å². The lowest BCUT2D eigenvalue weighted by atomic mass is 9.82. The molecule has 7 aromatic carbocycles. The molecule has 1 aromatic heterocycles. The molecule has 2 nitrogen and oxygen atoms in total. The first-order chi connectivity index (χ1) is 24.3. The van der Waals surface area contributed by atoms with Crippen molar-refractivity contribution in [3.8, 4) is 33.4 Å². The van der Waals surface area contributed by atoms with E-state index in [-0.39, 0.29) is 10.8 Å². The number of hydrogen-bond donors (Lipinski definition) is 0. The average molecular weight is 644 g/mol. The highest BCUT2D eigenvalue weighted by atomic mass is 16.3. The van der Waals surface area contributed by atoms with Crippen molar-refractivity contribution in [2.45, 2.75) is 38.5 Å². The number of hydrogen-bond acceptors (Lipinski definition) is 2. The highest BCUT2D eigenvalue weighted by molar-refractivity contribution is 6.11. The minimum atomic E-state index is -0.125. The van der Waals surface area contributed by atoms with E-state index in [4.69, 9.17) is 4.42 Å². The van der Waals surface area contributed by atoms with Gasteiger partial charge in [-0.25, -0.2) is 0 Å². The van der Waals surface area contributed by atoms with Gasteiger partial charge in [0, 0.05) is 44.0 Å². The van der Waals surface area contributed by atoms with E-state index in [1.54, 1.807) is 0 Å². The van der Waals surface area contributed by atoms with E-state index in [2.05, 4.69) is 178 Å². The van der Waals surface area contributed by atoms with Crippen LogP contribution in [0.4, 0.5) is 17.1 Å². The van der Waals surface area contributed by atoms with Crippen molar-refractivity contribution < 1.29 is 4.42 Å². The monoisotopic (exact) mass is 643 g/mol. The maximum Gasteiger partial charge on any atom is 0.143 e. The Balaban J connectivity index is 1.27. The van der Waals surface area contributed by atoms with Gasteiger partial charge >= 0.3 is 0 Å². The zero-order chi connectivity index (χ0) is 33.8. The van der Waals surface area contributed by atoms with E-state index in [9.17, 15) is 0 Å². The highest BCUT2D eigenvalue weighted by Gasteiger charge is 2.39. The van der Waals surface area contributed by atoms with Crippen molar-refractivity contribution in [3.05, 3.63) is 174 Å². The van der Waals surface area contributed by atoms with Crippen LogP contribution in [-0.2, 0) is 10.8 Å².